The third-order valence-corrected chi connectivity index (χ3v) is 4.88. The van der Waals surface area contributed by atoms with Crippen LogP contribution in [0.25, 0.3) is 0 Å². The maximum Gasteiger partial charge on any atom is 0.446 e. The van der Waals surface area contributed by atoms with E-state index in [1.54, 1.807) is 13.8 Å². The number of thioether (sulfide) groups is 1. The zero-order valence-corrected chi connectivity index (χ0v) is 16.7. The molecule has 2 aromatic rings. The summed E-state index contributed by atoms with van der Waals surface area (Å²) in [5, 5.41) is 5.30. The van der Waals surface area contributed by atoms with E-state index in [4.69, 9.17) is 4.74 Å². The van der Waals surface area contributed by atoms with Gasteiger partial charge >= 0.3 is 11.5 Å². The first-order valence-corrected chi connectivity index (χ1v) is 9.65. The van der Waals surface area contributed by atoms with Crippen LogP contribution in [0.15, 0.2) is 29.2 Å². The normalized spacial score (nSPS) is 14.6. The first-order valence-electron chi connectivity index (χ1n) is 8.83. The van der Waals surface area contributed by atoms with Crippen molar-refractivity contribution in [3.63, 3.8) is 0 Å². The molecule has 156 valence electrons. The Morgan fingerprint density at radius 1 is 1.07 bits per heavy atom. The number of hydrogen-bond donors (Lipinski definition) is 2. The summed E-state index contributed by atoms with van der Waals surface area (Å²) < 4.78 is 42.5. The number of alkyl halides is 3. The highest BCUT2D eigenvalue weighted by Crippen LogP contribution is 2.37. The van der Waals surface area contributed by atoms with Gasteiger partial charge in [0.25, 0.3) is 0 Å². The Hall–Kier alpha value is -2.53. The van der Waals surface area contributed by atoms with Gasteiger partial charge in [-0.25, -0.2) is 14.8 Å². The number of carbonyl (C=O) groups is 1. The van der Waals surface area contributed by atoms with E-state index in [-0.39, 0.29) is 16.7 Å². The highest BCUT2D eigenvalue weighted by atomic mass is 32.2. The average Bonchev–Trinajstić information content (AvgIpc) is 2.66. The lowest BCUT2D eigenvalue weighted by Gasteiger charge is -2.27. The van der Waals surface area contributed by atoms with Crippen molar-refractivity contribution in [3.05, 3.63) is 35.7 Å². The predicted octanol–water partition coefficient (Wildman–Crippen LogP) is 4.19. The molecule has 0 radical (unpaired) electrons. The molecule has 1 aliphatic heterocycles. The van der Waals surface area contributed by atoms with Gasteiger partial charge in [0.2, 0.25) is 5.95 Å². The van der Waals surface area contributed by atoms with Gasteiger partial charge in [0.05, 0.1) is 30.3 Å². The molecule has 2 N–H and O–H groups in total. The number of aryl methyl sites for hydroxylation is 2. The van der Waals surface area contributed by atoms with Crippen LogP contribution < -0.4 is 15.5 Å². The summed E-state index contributed by atoms with van der Waals surface area (Å²) in [4.78, 5) is 23.3. The SMILES string of the molecule is Cc1nc(N2CCOCC2)nc(C)c1NC(=O)Nc1ccc(SC(F)(F)F)cc1. The number of nitrogens with one attached hydrogen (secondary N) is 2. The van der Waals surface area contributed by atoms with E-state index in [9.17, 15) is 18.0 Å². The fourth-order valence-electron chi connectivity index (χ4n) is 2.80. The van der Waals surface area contributed by atoms with E-state index in [1.807, 2.05) is 4.90 Å². The predicted molar refractivity (Wildman–Crippen MR) is 106 cm³/mol. The minimum absolute atomic E-state index is 0.0437. The Kier molecular flexibility index (Phi) is 6.48. The topological polar surface area (TPSA) is 79.4 Å². The smallest absolute Gasteiger partial charge is 0.378 e. The number of aromatic nitrogens is 2. The van der Waals surface area contributed by atoms with E-state index in [0.29, 0.717) is 55.0 Å². The van der Waals surface area contributed by atoms with Crippen molar-refractivity contribution < 1.29 is 22.7 Å². The Morgan fingerprint density at radius 2 is 1.66 bits per heavy atom. The summed E-state index contributed by atoms with van der Waals surface area (Å²) >= 11 is -0.209. The number of rotatable bonds is 4. The number of urea groups is 1. The van der Waals surface area contributed by atoms with Crippen LogP contribution in [0.4, 0.5) is 35.3 Å². The molecule has 11 heteroatoms. The van der Waals surface area contributed by atoms with Crippen LogP contribution in [0, 0.1) is 13.8 Å². The van der Waals surface area contributed by atoms with Gasteiger partial charge in [-0.05, 0) is 49.9 Å². The van der Waals surface area contributed by atoms with Gasteiger partial charge in [-0.2, -0.15) is 13.2 Å². The lowest BCUT2D eigenvalue weighted by atomic mass is 10.3. The molecule has 29 heavy (non-hydrogen) atoms. The zero-order valence-electron chi connectivity index (χ0n) is 15.8. The van der Waals surface area contributed by atoms with Gasteiger partial charge in [-0.3, -0.25) is 0 Å². The van der Waals surface area contributed by atoms with Crippen LogP contribution in [0.5, 0.6) is 0 Å². The van der Waals surface area contributed by atoms with Gasteiger partial charge in [-0.15, -0.1) is 0 Å². The van der Waals surface area contributed by atoms with Gasteiger partial charge in [0, 0.05) is 23.7 Å². The third kappa shape index (κ3) is 5.97. The third-order valence-electron chi connectivity index (χ3n) is 4.14. The molecule has 0 aliphatic carbocycles. The van der Waals surface area contributed by atoms with Gasteiger partial charge < -0.3 is 20.3 Å². The minimum atomic E-state index is -4.35. The molecule has 0 saturated carbocycles. The maximum absolute atomic E-state index is 12.4. The molecule has 1 aliphatic rings. The molecule has 1 fully saturated rings. The minimum Gasteiger partial charge on any atom is -0.378 e. The molecule has 2 heterocycles. The molecule has 1 aromatic carbocycles. The lowest BCUT2D eigenvalue weighted by molar-refractivity contribution is -0.0328. The van der Waals surface area contributed by atoms with Crippen molar-refractivity contribution in [1.29, 1.82) is 0 Å². The van der Waals surface area contributed by atoms with E-state index < -0.39 is 11.5 Å². The standard InChI is InChI=1S/C18H20F3N5O2S/c1-11-15(12(2)23-16(22-11)26-7-9-28-10-8-26)25-17(27)24-13-3-5-14(6-4-13)29-18(19,20)21/h3-6H,7-10H2,1-2H3,(H2,24,25,27). The van der Waals surface area contributed by atoms with Gasteiger partial charge in [0.1, 0.15) is 0 Å². The molecule has 1 aromatic heterocycles. The van der Waals surface area contributed by atoms with E-state index in [2.05, 4.69) is 20.6 Å². The summed E-state index contributed by atoms with van der Waals surface area (Å²) in [7, 11) is 0. The van der Waals surface area contributed by atoms with Crippen LogP contribution in [-0.4, -0.2) is 47.8 Å². The Balaban J connectivity index is 1.64. The molecule has 2 amide bonds. The summed E-state index contributed by atoms with van der Waals surface area (Å²) in [6.45, 7) is 6.19. The van der Waals surface area contributed by atoms with E-state index >= 15 is 0 Å². The van der Waals surface area contributed by atoms with Crippen LogP contribution in [-0.2, 0) is 4.74 Å². The van der Waals surface area contributed by atoms with Crippen molar-refractivity contribution in [1.82, 2.24) is 9.97 Å². The Labute approximate surface area is 170 Å². The second kappa shape index (κ2) is 8.87. The second-order valence-electron chi connectivity index (χ2n) is 6.32. The number of morpholine rings is 1. The van der Waals surface area contributed by atoms with Crippen molar-refractivity contribution >= 4 is 35.1 Å². The van der Waals surface area contributed by atoms with E-state index in [0.717, 1.165) is 0 Å². The first-order chi connectivity index (χ1) is 13.7. The largest absolute Gasteiger partial charge is 0.446 e. The monoisotopic (exact) mass is 427 g/mol. The van der Waals surface area contributed by atoms with Gasteiger partial charge in [-0.1, -0.05) is 0 Å². The maximum atomic E-state index is 12.4. The van der Waals surface area contributed by atoms with Crippen LogP contribution in [0.2, 0.25) is 0 Å². The number of benzene rings is 1. The number of hydrogen-bond acceptors (Lipinski definition) is 6. The number of anilines is 3. The van der Waals surface area contributed by atoms with Crippen LogP contribution in [0.3, 0.4) is 0 Å². The molecule has 0 bridgehead atoms. The Morgan fingerprint density at radius 3 is 2.21 bits per heavy atom. The molecular formula is C18H20F3N5O2S. The number of ether oxygens (including phenoxy) is 1. The highest BCUT2D eigenvalue weighted by molar-refractivity contribution is 8.00. The van der Waals surface area contributed by atoms with E-state index in [1.165, 1.54) is 24.3 Å². The summed E-state index contributed by atoms with van der Waals surface area (Å²) in [6, 6.07) is 4.88. The molecular weight excluding hydrogens is 407 g/mol. The molecule has 3 rings (SSSR count). The summed E-state index contributed by atoms with van der Waals surface area (Å²) in [5.41, 5.74) is -2.26. The summed E-state index contributed by atoms with van der Waals surface area (Å²) in [6.07, 6.45) is 0. The second-order valence-corrected chi connectivity index (χ2v) is 7.46. The molecule has 7 nitrogen and oxygen atoms in total. The lowest BCUT2D eigenvalue weighted by Crippen LogP contribution is -2.37. The van der Waals surface area contributed by atoms with Crippen molar-refractivity contribution in [3.8, 4) is 0 Å². The first kappa shape index (κ1) is 21.2. The molecule has 0 spiro atoms. The number of nitrogens with zero attached hydrogens (tertiary/aromatic N) is 3. The van der Waals surface area contributed by atoms with Crippen molar-refractivity contribution in [2.24, 2.45) is 0 Å². The molecule has 1 saturated heterocycles. The Bertz CT molecular complexity index is 848. The zero-order chi connectivity index (χ0) is 21.0. The average molecular weight is 427 g/mol. The quantitative estimate of drug-likeness (QED) is 0.713. The van der Waals surface area contributed by atoms with Gasteiger partial charge in [0.15, 0.2) is 0 Å². The fourth-order valence-corrected chi connectivity index (χ4v) is 3.34. The number of halogens is 3. The highest BCUT2D eigenvalue weighted by Gasteiger charge is 2.29. The molecule has 0 unspecified atom stereocenters. The number of amides is 2. The van der Waals surface area contributed by atoms with Crippen LogP contribution >= 0.6 is 11.8 Å². The van der Waals surface area contributed by atoms with Crippen LogP contribution in [0.1, 0.15) is 11.4 Å². The fraction of sp³-hybridized carbons (Fsp3) is 0.389. The van der Waals surface area contributed by atoms with Crippen molar-refractivity contribution in [2.45, 2.75) is 24.3 Å². The molecule has 0 atom stereocenters. The summed E-state index contributed by atoms with van der Waals surface area (Å²) in [5.74, 6) is 0.590. The van der Waals surface area contributed by atoms with Crippen molar-refractivity contribution in [2.75, 3.05) is 41.8 Å². The number of carbonyl (C=O) groups excluding carboxylic acids is 1.